The fraction of sp³-hybridized carbons (Fsp3) is 0.235. The zero-order chi connectivity index (χ0) is 17.3. The molecular formula is C17H17N3O4. The summed E-state index contributed by atoms with van der Waals surface area (Å²) in [7, 11) is 1.54. The number of benzene rings is 1. The molecule has 7 heteroatoms. The Morgan fingerprint density at radius 2 is 1.83 bits per heavy atom. The number of amides is 3. The summed E-state index contributed by atoms with van der Waals surface area (Å²) >= 11 is 0. The maximum absolute atomic E-state index is 12.5. The van der Waals surface area contributed by atoms with Crippen LogP contribution in [0.1, 0.15) is 11.1 Å². The van der Waals surface area contributed by atoms with Gasteiger partial charge in [0.2, 0.25) is 0 Å². The molecule has 0 radical (unpaired) electrons. The Bertz CT molecular complexity index is 857. The number of imide groups is 1. The van der Waals surface area contributed by atoms with E-state index in [4.69, 9.17) is 4.74 Å². The lowest BCUT2D eigenvalue weighted by atomic mass is 9.89. The van der Waals surface area contributed by atoms with Crippen molar-refractivity contribution in [2.75, 3.05) is 7.11 Å². The van der Waals surface area contributed by atoms with Crippen molar-refractivity contribution < 1.29 is 14.3 Å². The van der Waals surface area contributed by atoms with Crippen LogP contribution in [0.5, 0.6) is 5.75 Å². The molecule has 7 nitrogen and oxygen atoms in total. The van der Waals surface area contributed by atoms with Crippen molar-refractivity contribution in [2.45, 2.75) is 19.0 Å². The van der Waals surface area contributed by atoms with Crippen molar-refractivity contribution in [2.24, 2.45) is 0 Å². The summed E-state index contributed by atoms with van der Waals surface area (Å²) in [5, 5.41) is 4.92. The average Bonchev–Trinajstić information content (AvgIpc) is 2.86. The number of carbonyl (C=O) groups excluding carboxylic acids is 2. The second-order valence-corrected chi connectivity index (χ2v) is 5.67. The Balaban J connectivity index is 2.09. The summed E-state index contributed by atoms with van der Waals surface area (Å²) in [5.74, 6) is 0.137. The Labute approximate surface area is 138 Å². The minimum atomic E-state index is -1.35. The number of carbonyl (C=O) groups is 2. The molecule has 1 aliphatic rings. The molecule has 2 N–H and O–H groups in total. The monoisotopic (exact) mass is 327 g/mol. The molecule has 3 rings (SSSR count). The molecular weight excluding hydrogens is 310 g/mol. The van der Waals surface area contributed by atoms with E-state index >= 15 is 0 Å². The summed E-state index contributed by atoms with van der Waals surface area (Å²) in [6.45, 7) is 1.70. The predicted octanol–water partition coefficient (Wildman–Crippen LogP) is 0.900. The number of nitrogens with one attached hydrogen (secondary N) is 2. The number of hydrogen-bond acceptors (Lipinski definition) is 4. The normalized spacial score (nSPS) is 19.8. The number of nitrogens with zero attached hydrogens (tertiary/aromatic N) is 1. The molecule has 1 unspecified atom stereocenters. The van der Waals surface area contributed by atoms with Crippen molar-refractivity contribution in [1.29, 1.82) is 0 Å². The van der Waals surface area contributed by atoms with Gasteiger partial charge in [-0.2, -0.15) is 0 Å². The first-order valence-electron chi connectivity index (χ1n) is 7.40. The van der Waals surface area contributed by atoms with Gasteiger partial charge in [0.05, 0.1) is 13.7 Å². The Kier molecular flexibility index (Phi) is 3.84. The zero-order valence-electron chi connectivity index (χ0n) is 13.3. The van der Waals surface area contributed by atoms with Crippen LogP contribution in [0.2, 0.25) is 0 Å². The molecule has 1 saturated heterocycles. The molecule has 1 aliphatic heterocycles. The van der Waals surface area contributed by atoms with Gasteiger partial charge >= 0.3 is 6.03 Å². The van der Waals surface area contributed by atoms with E-state index in [0.717, 1.165) is 0 Å². The minimum Gasteiger partial charge on any atom is -0.497 e. The highest BCUT2D eigenvalue weighted by molar-refractivity contribution is 6.07. The van der Waals surface area contributed by atoms with E-state index in [0.29, 0.717) is 16.9 Å². The van der Waals surface area contributed by atoms with Crippen LogP contribution >= 0.6 is 0 Å². The molecule has 24 heavy (non-hydrogen) atoms. The SMILES string of the molecule is COc1ccc(C2(Cn3cccc(C)c3=O)NC(=O)NC2=O)cc1. The number of hydrogen-bond donors (Lipinski definition) is 2. The van der Waals surface area contributed by atoms with E-state index in [1.807, 2.05) is 0 Å². The van der Waals surface area contributed by atoms with E-state index in [1.54, 1.807) is 56.6 Å². The molecule has 1 fully saturated rings. The van der Waals surface area contributed by atoms with E-state index in [1.165, 1.54) is 4.57 Å². The highest BCUT2D eigenvalue weighted by atomic mass is 16.5. The van der Waals surface area contributed by atoms with E-state index in [-0.39, 0.29) is 12.1 Å². The van der Waals surface area contributed by atoms with Gasteiger partial charge in [0, 0.05) is 11.8 Å². The van der Waals surface area contributed by atoms with Crippen LogP contribution in [-0.2, 0) is 16.9 Å². The van der Waals surface area contributed by atoms with Gasteiger partial charge in [-0.3, -0.25) is 14.9 Å². The van der Waals surface area contributed by atoms with Crippen LogP contribution in [0.3, 0.4) is 0 Å². The molecule has 2 heterocycles. The number of ether oxygens (including phenoxy) is 1. The molecule has 1 atom stereocenters. The van der Waals surface area contributed by atoms with Gasteiger partial charge in [0.1, 0.15) is 5.75 Å². The van der Waals surface area contributed by atoms with Crippen LogP contribution in [0.15, 0.2) is 47.4 Å². The maximum atomic E-state index is 12.5. The van der Waals surface area contributed by atoms with Crippen LogP contribution < -0.4 is 20.9 Å². The van der Waals surface area contributed by atoms with Gasteiger partial charge in [-0.25, -0.2) is 4.79 Å². The van der Waals surface area contributed by atoms with Gasteiger partial charge in [-0.05, 0) is 30.7 Å². The first kappa shape index (κ1) is 15.8. The topological polar surface area (TPSA) is 89.4 Å². The molecule has 1 aromatic heterocycles. The van der Waals surface area contributed by atoms with Gasteiger partial charge < -0.3 is 14.6 Å². The Morgan fingerprint density at radius 3 is 2.42 bits per heavy atom. The van der Waals surface area contributed by atoms with Crippen LogP contribution in [-0.4, -0.2) is 23.6 Å². The van der Waals surface area contributed by atoms with Crippen molar-refractivity contribution in [3.63, 3.8) is 0 Å². The quantitative estimate of drug-likeness (QED) is 0.817. The van der Waals surface area contributed by atoms with Crippen molar-refractivity contribution in [3.8, 4) is 5.75 Å². The molecule has 3 amide bonds. The lowest BCUT2D eigenvalue weighted by Crippen LogP contribution is -2.49. The zero-order valence-corrected chi connectivity index (χ0v) is 13.3. The van der Waals surface area contributed by atoms with Crippen molar-refractivity contribution in [3.05, 3.63) is 64.1 Å². The number of rotatable bonds is 4. The third kappa shape index (κ3) is 2.54. The third-order valence-corrected chi connectivity index (χ3v) is 4.14. The number of urea groups is 1. The molecule has 0 bridgehead atoms. The second kappa shape index (κ2) is 5.84. The largest absolute Gasteiger partial charge is 0.497 e. The summed E-state index contributed by atoms with van der Waals surface area (Å²) in [4.78, 5) is 36.6. The minimum absolute atomic E-state index is 0.00256. The lowest BCUT2D eigenvalue weighted by molar-refractivity contribution is -0.124. The van der Waals surface area contributed by atoms with Crippen LogP contribution in [0, 0.1) is 6.92 Å². The number of aromatic nitrogens is 1. The van der Waals surface area contributed by atoms with E-state index < -0.39 is 17.5 Å². The Morgan fingerprint density at radius 1 is 1.12 bits per heavy atom. The molecule has 0 saturated carbocycles. The van der Waals surface area contributed by atoms with E-state index in [9.17, 15) is 14.4 Å². The lowest BCUT2D eigenvalue weighted by Gasteiger charge is -2.27. The van der Waals surface area contributed by atoms with Gasteiger partial charge in [0.25, 0.3) is 11.5 Å². The van der Waals surface area contributed by atoms with Crippen molar-refractivity contribution in [1.82, 2.24) is 15.2 Å². The summed E-state index contributed by atoms with van der Waals surface area (Å²) in [5.41, 5.74) is -0.424. The van der Waals surface area contributed by atoms with Crippen LogP contribution in [0.4, 0.5) is 4.79 Å². The fourth-order valence-corrected chi connectivity index (χ4v) is 2.81. The highest BCUT2D eigenvalue weighted by Crippen LogP contribution is 2.28. The molecule has 0 aliphatic carbocycles. The number of pyridine rings is 1. The smallest absolute Gasteiger partial charge is 0.322 e. The first-order chi connectivity index (χ1) is 11.5. The third-order valence-electron chi connectivity index (χ3n) is 4.14. The molecule has 124 valence electrons. The summed E-state index contributed by atoms with van der Waals surface area (Å²) in [6, 6.07) is 9.65. The van der Waals surface area contributed by atoms with Gasteiger partial charge in [-0.1, -0.05) is 18.2 Å². The average molecular weight is 327 g/mol. The fourth-order valence-electron chi connectivity index (χ4n) is 2.81. The van der Waals surface area contributed by atoms with Gasteiger partial charge in [0.15, 0.2) is 5.54 Å². The number of methoxy groups -OCH3 is 1. The molecule has 2 aromatic rings. The predicted molar refractivity (Wildman–Crippen MR) is 86.8 cm³/mol. The molecule has 1 aromatic carbocycles. The summed E-state index contributed by atoms with van der Waals surface area (Å²) < 4.78 is 6.54. The number of aryl methyl sites for hydroxylation is 1. The van der Waals surface area contributed by atoms with Crippen molar-refractivity contribution >= 4 is 11.9 Å². The molecule has 0 spiro atoms. The maximum Gasteiger partial charge on any atom is 0.322 e. The highest BCUT2D eigenvalue weighted by Gasteiger charge is 2.48. The Hall–Kier alpha value is -3.09. The van der Waals surface area contributed by atoms with E-state index in [2.05, 4.69) is 10.6 Å². The second-order valence-electron chi connectivity index (χ2n) is 5.67. The standard InChI is InChI=1S/C17H17N3O4/c1-11-4-3-9-20(14(11)21)10-17(15(22)18-16(23)19-17)12-5-7-13(24-2)8-6-12/h3-9H,10H2,1-2H3,(H2,18,19,22,23). The first-order valence-corrected chi connectivity index (χ1v) is 7.40. The van der Waals surface area contributed by atoms with Crippen LogP contribution in [0.25, 0.3) is 0 Å². The summed E-state index contributed by atoms with van der Waals surface area (Å²) in [6.07, 6.45) is 1.60. The van der Waals surface area contributed by atoms with Gasteiger partial charge in [-0.15, -0.1) is 0 Å².